The van der Waals surface area contributed by atoms with Crippen LogP contribution < -0.4 is 20.7 Å². The van der Waals surface area contributed by atoms with Gasteiger partial charge in [0.25, 0.3) is 11.8 Å². The molecule has 2 unspecified atom stereocenters. The van der Waals surface area contributed by atoms with Crippen LogP contribution in [-0.2, 0) is 14.3 Å². The van der Waals surface area contributed by atoms with E-state index in [4.69, 9.17) is 31.3 Å². The van der Waals surface area contributed by atoms with Crippen molar-refractivity contribution in [3.05, 3.63) is 47.7 Å². The fourth-order valence-corrected chi connectivity index (χ4v) is 4.11. The van der Waals surface area contributed by atoms with Gasteiger partial charge in [0.1, 0.15) is 0 Å². The highest BCUT2D eigenvalue weighted by molar-refractivity contribution is 6.32. The van der Waals surface area contributed by atoms with Crippen molar-refractivity contribution in [3.8, 4) is 11.6 Å². The number of nitrogens with two attached hydrogens (primary N) is 1. The normalized spacial score (nSPS) is 17.6. The highest BCUT2D eigenvalue weighted by Crippen LogP contribution is 2.29. The molecule has 5 rings (SSSR count). The minimum absolute atomic E-state index is 0.0693. The molecule has 4 N–H and O–H groups in total. The van der Waals surface area contributed by atoms with E-state index in [1.54, 1.807) is 30.5 Å². The van der Waals surface area contributed by atoms with Crippen molar-refractivity contribution in [1.29, 1.82) is 0 Å². The fourth-order valence-electron chi connectivity index (χ4n) is 3.92. The zero-order chi connectivity index (χ0) is 26.3. The van der Waals surface area contributed by atoms with E-state index in [9.17, 15) is 14.7 Å². The quantitative estimate of drug-likeness (QED) is 0.335. The van der Waals surface area contributed by atoms with E-state index in [0.29, 0.717) is 33.2 Å². The smallest absolute Gasteiger partial charge is 0.260 e. The molecule has 13 nitrogen and oxygen atoms in total. The number of methoxy groups -OCH3 is 1. The Morgan fingerprint density at radius 1 is 1.35 bits per heavy atom. The molecule has 0 aliphatic carbocycles. The average Bonchev–Trinajstić information content (AvgIpc) is 3.51. The number of ether oxygens (including phenoxy) is 2. The van der Waals surface area contributed by atoms with Crippen LogP contribution in [0.5, 0.6) is 5.88 Å². The lowest BCUT2D eigenvalue weighted by Crippen LogP contribution is -2.61. The summed E-state index contributed by atoms with van der Waals surface area (Å²) >= 11 is 6.26. The number of halogens is 1. The first-order chi connectivity index (χ1) is 17.7. The number of fused-ring (bicyclic) bond motifs is 1. The number of morpholine rings is 1. The third-order valence-corrected chi connectivity index (χ3v) is 6.23. The number of anilines is 3. The molecule has 4 heterocycles. The minimum atomic E-state index is -2.21. The summed E-state index contributed by atoms with van der Waals surface area (Å²) in [5, 5.41) is 22.7. The third-order valence-electron chi connectivity index (χ3n) is 5.94. The molecule has 4 aromatic rings. The number of aromatic nitrogens is 4. The fraction of sp³-hybridized carbons (Fsp3) is 0.261. The maximum atomic E-state index is 13.3. The number of hydrogen-bond acceptors (Lipinski definition) is 10. The predicted octanol–water partition coefficient (Wildman–Crippen LogP) is 1.77. The van der Waals surface area contributed by atoms with Crippen LogP contribution in [0.25, 0.3) is 16.7 Å². The number of aliphatic hydroxyl groups is 1. The Balaban J connectivity index is 1.35. The number of amides is 2. The van der Waals surface area contributed by atoms with Crippen LogP contribution in [0, 0.1) is 0 Å². The van der Waals surface area contributed by atoms with E-state index < -0.39 is 23.5 Å². The van der Waals surface area contributed by atoms with Crippen molar-refractivity contribution < 1.29 is 28.7 Å². The largest absolute Gasteiger partial charge is 0.481 e. The third kappa shape index (κ3) is 4.43. The molecule has 1 fully saturated rings. The second-order valence-electron chi connectivity index (χ2n) is 8.42. The lowest BCUT2D eigenvalue weighted by Gasteiger charge is -2.37. The van der Waals surface area contributed by atoms with Gasteiger partial charge >= 0.3 is 0 Å². The van der Waals surface area contributed by atoms with Crippen LogP contribution in [0.15, 0.2) is 47.2 Å². The molecule has 1 aliphatic heterocycles. The number of nitrogens with zero attached hydrogens (tertiary/aromatic N) is 5. The predicted molar refractivity (Wildman–Crippen MR) is 133 cm³/mol. The second kappa shape index (κ2) is 9.35. The van der Waals surface area contributed by atoms with Crippen molar-refractivity contribution >= 4 is 51.7 Å². The lowest BCUT2D eigenvalue weighted by atomic mass is 9.95. The van der Waals surface area contributed by atoms with Gasteiger partial charge in [-0.25, -0.2) is 9.67 Å². The molecule has 37 heavy (non-hydrogen) atoms. The number of benzene rings is 1. The van der Waals surface area contributed by atoms with Crippen LogP contribution >= 0.6 is 11.6 Å². The Hall–Kier alpha value is -4.20. The Morgan fingerprint density at radius 3 is 2.95 bits per heavy atom. The van der Waals surface area contributed by atoms with Crippen LogP contribution in [0.3, 0.4) is 0 Å². The van der Waals surface area contributed by atoms with Gasteiger partial charge in [0.15, 0.2) is 28.9 Å². The maximum absolute atomic E-state index is 13.3. The highest BCUT2D eigenvalue weighted by atomic mass is 35.5. The van der Waals surface area contributed by atoms with Crippen LogP contribution in [0.1, 0.15) is 6.92 Å². The summed E-state index contributed by atoms with van der Waals surface area (Å²) in [5.41, 5.74) is 4.67. The first kappa shape index (κ1) is 24.5. The zero-order valence-electron chi connectivity index (χ0n) is 19.7. The Labute approximate surface area is 214 Å². The summed E-state index contributed by atoms with van der Waals surface area (Å²) in [5.74, 6) is -0.634. The van der Waals surface area contributed by atoms with Gasteiger partial charge in [-0.1, -0.05) is 16.8 Å². The van der Waals surface area contributed by atoms with Gasteiger partial charge in [-0.05, 0) is 19.1 Å². The molecule has 192 valence electrons. The molecule has 1 saturated heterocycles. The first-order valence-corrected chi connectivity index (χ1v) is 11.4. The number of carbonyl (C=O) groups excluding carboxylic acids is 2. The van der Waals surface area contributed by atoms with Gasteiger partial charge in [-0.3, -0.25) is 14.5 Å². The molecule has 1 aromatic carbocycles. The number of hydrogen-bond donors (Lipinski definition) is 3. The van der Waals surface area contributed by atoms with E-state index in [1.807, 2.05) is 0 Å². The molecular weight excluding hydrogens is 506 g/mol. The number of nitrogens with one attached hydrogen (secondary N) is 1. The lowest BCUT2D eigenvalue weighted by molar-refractivity contribution is -0.165. The van der Waals surface area contributed by atoms with Crippen molar-refractivity contribution in [2.75, 3.05) is 36.2 Å². The van der Waals surface area contributed by atoms with Crippen molar-refractivity contribution in [3.63, 3.8) is 0 Å². The Morgan fingerprint density at radius 2 is 2.16 bits per heavy atom. The molecule has 0 spiro atoms. The molecular formula is C23H22ClN7O6. The molecule has 0 saturated carbocycles. The number of nitrogen functional groups attached to an aromatic ring is 1. The van der Waals surface area contributed by atoms with Crippen LogP contribution in [0.2, 0.25) is 5.02 Å². The number of pyridine rings is 1. The SMILES string of the molecule is COc1cc(-n2ccc(N3CCOC(C(C)(O)C(=O)Nc4ccc5c(N)noc5c4)C3=O)n2)c(Cl)cn1. The molecule has 0 radical (unpaired) electrons. The summed E-state index contributed by atoms with van der Waals surface area (Å²) in [6, 6.07) is 7.91. The van der Waals surface area contributed by atoms with Gasteiger partial charge in [0, 0.05) is 30.1 Å². The van der Waals surface area contributed by atoms with E-state index in [1.165, 1.54) is 35.9 Å². The molecule has 2 amide bonds. The minimum Gasteiger partial charge on any atom is -0.481 e. The Bertz CT molecular complexity index is 1500. The van der Waals surface area contributed by atoms with Gasteiger partial charge in [-0.15, -0.1) is 5.10 Å². The maximum Gasteiger partial charge on any atom is 0.260 e. The van der Waals surface area contributed by atoms with Gasteiger partial charge < -0.3 is 30.2 Å². The van der Waals surface area contributed by atoms with Crippen molar-refractivity contribution in [2.24, 2.45) is 0 Å². The number of carbonyl (C=O) groups is 2. The average molecular weight is 528 g/mol. The summed E-state index contributed by atoms with van der Waals surface area (Å²) < 4.78 is 17.3. The molecule has 3 aromatic heterocycles. The summed E-state index contributed by atoms with van der Waals surface area (Å²) in [6.07, 6.45) is 1.56. The second-order valence-corrected chi connectivity index (χ2v) is 8.82. The van der Waals surface area contributed by atoms with E-state index in [0.717, 1.165) is 0 Å². The standard InChI is InChI=1S/C23H22ClN7O6/c1-23(34,22(33)27-12-3-4-13-16(9-12)37-29-20(13)25)19-21(32)30(7-8-36-19)17-5-6-31(28-17)15-10-18(35-2)26-11-14(15)24/h3-6,9-11,19,34H,7-8H2,1-2H3,(H2,25,29)(H,27,33). The van der Waals surface area contributed by atoms with Gasteiger partial charge in [0.05, 0.1) is 42.6 Å². The number of rotatable bonds is 6. The van der Waals surface area contributed by atoms with Crippen LogP contribution in [0.4, 0.5) is 17.3 Å². The van der Waals surface area contributed by atoms with Crippen LogP contribution in [-0.4, -0.2) is 68.8 Å². The van der Waals surface area contributed by atoms with E-state index >= 15 is 0 Å². The van der Waals surface area contributed by atoms with Gasteiger partial charge in [0.2, 0.25) is 5.88 Å². The van der Waals surface area contributed by atoms with E-state index in [-0.39, 0.29) is 24.8 Å². The molecule has 2 atom stereocenters. The molecule has 14 heteroatoms. The summed E-state index contributed by atoms with van der Waals surface area (Å²) in [6.45, 7) is 1.45. The Kier molecular flexibility index (Phi) is 6.19. The summed E-state index contributed by atoms with van der Waals surface area (Å²) in [4.78, 5) is 31.7. The zero-order valence-corrected chi connectivity index (χ0v) is 20.5. The molecule has 0 bridgehead atoms. The first-order valence-electron chi connectivity index (χ1n) is 11.1. The topological polar surface area (TPSA) is 171 Å². The summed E-state index contributed by atoms with van der Waals surface area (Å²) in [7, 11) is 1.48. The van der Waals surface area contributed by atoms with Crippen molar-refractivity contribution in [2.45, 2.75) is 18.6 Å². The molecule has 1 aliphatic rings. The monoisotopic (exact) mass is 527 g/mol. The highest BCUT2D eigenvalue weighted by Gasteiger charge is 2.49. The van der Waals surface area contributed by atoms with Crippen molar-refractivity contribution in [1.82, 2.24) is 19.9 Å². The van der Waals surface area contributed by atoms with E-state index in [2.05, 4.69) is 20.6 Å². The van der Waals surface area contributed by atoms with Gasteiger partial charge in [-0.2, -0.15) is 0 Å².